The van der Waals surface area contributed by atoms with E-state index in [0.717, 1.165) is 19.4 Å². The molecule has 2 rings (SSSR count). The van der Waals surface area contributed by atoms with Gasteiger partial charge in [0.2, 0.25) is 17.7 Å². The second-order valence-electron chi connectivity index (χ2n) is 6.20. The maximum atomic E-state index is 12.6. The first-order chi connectivity index (χ1) is 9.99. The van der Waals surface area contributed by atoms with E-state index in [1.165, 1.54) is 0 Å². The second-order valence-corrected chi connectivity index (χ2v) is 6.20. The number of likely N-dealkylation sites (tertiary alicyclic amines) is 1. The van der Waals surface area contributed by atoms with Crippen molar-refractivity contribution in [2.75, 3.05) is 32.7 Å². The third-order valence-corrected chi connectivity index (χ3v) is 4.20. The Labute approximate surface area is 125 Å². The zero-order valence-corrected chi connectivity index (χ0v) is 12.9. The molecule has 0 aromatic carbocycles. The minimum absolute atomic E-state index is 0.00514. The molecule has 0 saturated carbocycles. The Bertz CT molecular complexity index is 422. The molecule has 0 aliphatic carbocycles. The van der Waals surface area contributed by atoms with E-state index < -0.39 is 0 Å². The lowest BCUT2D eigenvalue weighted by Crippen LogP contribution is -2.48. The van der Waals surface area contributed by atoms with Crippen LogP contribution < -0.4 is 5.32 Å². The molecule has 2 fully saturated rings. The fraction of sp³-hybridized carbons (Fsp3) is 0.800. The van der Waals surface area contributed by atoms with Crippen LogP contribution in [0.15, 0.2) is 0 Å². The van der Waals surface area contributed by atoms with E-state index in [1.54, 1.807) is 4.90 Å². The molecule has 0 bridgehead atoms. The van der Waals surface area contributed by atoms with Gasteiger partial charge in [0.25, 0.3) is 0 Å². The van der Waals surface area contributed by atoms with Crippen molar-refractivity contribution in [2.45, 2.75) is 33.1 Å². The van der Waals surface area contributed by atoms with Crippen LogP contribution in [0.3, 0.4) is 0 Å². The van der Waals surface area contributed by atoms with Crippen molar-refractivity contribution in [1.82, 2.24) is 15.1 Å². The summed E-state index contributed by atoms with van der Waals surface area (Å²) in [6, 6.07) is 0. The molecule has 6 nitrogen and oxygen atoms in total. The molecule has 118 valence electrons. The van der Waals surface area contributed by atoms with Crippen molar-refractivity contribution < 1.29 is 14.4 Å². The van der Waals surface area contributed by atoms with Crippen LogP contribution in [0.2, 0.25) is 0 Å². The molecule has 2 saturated heterocycles. The van der Waals surface area contributed by atoms with Gasteiger partial charge in [-0.05, 0) is 12.8 Å². The predicted molar refractivity (Wildman–Crippen MR) is 78.3 cm³/mol. The van der Waals surface area contributed by atoms with Crippen molar-refractivity contribution in [3.8, 4) is 0 Å². The molecule has 2 aliphatic rings. The molecule has 1 N–H and O–H groups in total. The predicted octanol–water partition coefficient (Wildman–Crippen LogP) is 0.230. The zero-order chi connectivity index (χ0) is 15.4. The van der Waals surface area contributed by atoms with Crippen molar-refractivity contribution in [3.05, 3.63) is 0 Å². The highest BCUT2D eigenvalue weighted by Gasteiger charge is 2.32. The summed E-state index contributed by atoms with van der Waals surface area (Å²) < 4.78 is 0. The summed E-state index contributed by atoms with van der Waals surface area (Å²) in [7, 11) is 0. The second kappa shape index (κ2) is 6.91. The molecular weight excluding hydrogens is 270 g/mol. The number of nitrogens with one attached hydrogen (secondary N) is 1. The SMILES string of the molecule is CC(C)C(=O)N1CCCC(C(=O)N2CCNC(=O)CC2)C1. The van der Waals surface area contributed by atoms with Crippen LogP contribution >= 0.6 is 0 Å². The summed E-state index contributed by atoms with van der Waals surface area (Å²) >= 11 is 0. The van der Waals surface area contributed by atoms with Crippen LogP contribution in [0.25, 0.3) is 0 Å². The number of carbonyl (C=O) groups excluding carboxylic acids is 3. The minimum atomic E-state index is -0.116. The molecule has 3 amide bonds. The van der Waals surface area contributed by atoms with Gasteiger partial charge in [-0.1, -0.05) is 13.8 Å². The van der Waals surface area contributed by atoms with Gasteiger partial charge in [-0.25, -0.2) is 0 Å². The van der Waals surface area contributed by atoms with E-state index in [2.05, 4.69) is 5.32 Å². The number of nitrogens with zero attached hydrogens (tertiary/aromatic N) is 2. The third kappa shape index (κ3) is 3.95. The number of carbonyl (C=O) groups is 3. The summed E-state index contributed by atoms with van der Waals surface area (Å²) in [5.41, 5.74) is 0. The van der Waals surface area contributed by atoms with E-state index in [4.69, 9.17) is 0 Å². The van der Waals surface area contributed by atoms with E-state index in [0.29, 0.717) is 32.6 Å². The first-order valence-corrected chi connectivity index (χ1v) is 7.83. The quantitative estimate of drug-likeness (QED) is 0.793. The van der Waals surface area contributed by atoms with Crippen LogP contribution in [0, 0.1) is 11.8 Å². The number of hydrogen-bond donors (Lipinski definition) is 1. The molecule has 1 atom stereocenters. The van der Waals surface area contributed by atoms with E-state index >= 15 is 0 Å². The Morgan fingerprint density at radius 1 is 1.19 bits per heavy atom. The van der Waals surface area contributed by atoms with Crippen LogP contribution in [-0.2, 0) is 14.4 Å². The van der Waals surface area contributed by atoms with Crippen molar-refractivity contribution in [3.63, 3.8) is 0 Å². The molecule has 1 unspecified atom stereocenters. The topological polar surface area (TPSA) is 69.7 Å². The summed E-state index contributed by atoms with van der Waals surface area (Å²) in [5.74, 6) is 0.0760. The van der Waals surface area contributed by atoms with Gasteiger partial charge in [0, 0.05) is 45.1 Å². The van der Waals surface area contributed by atoms with Crippen molar-refractivity contribution in [1.29, 1.82) is 0 Å². The van der Waals surface area contributed by atoms with E-state index in [9.17, 15) is 14.4 Å². The first kappa shape index (κ1) is 15.8. The molecule has 2 aliphatic heterocycles. The van der Waals surface area contributed by atoms with Gasteiger partial charge in [0.05, 0.1) is 5.92 Å². The lowest BCUT2D eigenvalue weighted by Gasteiger charge is -2.35. The summed E-state index contributed by atoms with van der Waals surface area (Å²) in [4.78, 5) is 39.6. The smallest absolute Gasteiger partial charge is 0.227 e. The van der Waals surface area contributed by atoms with Crippen LogP contribution in [-0.4, -0.2) is 60.2 Å². The Morgan fingerprint density at radius 3 is 2.67 bits per heavy atom. The Kier molecular flexibility index (Phi) is 5.20. The van der Waals surface area contributed by atoms with Gasteiger partial charge < -0.3 is 15.1 Å². The van der Waals surface area contributed by atoms with Crippen molar-refractivity contribution in [2.24, 2.45) is 11.8 Å². The van der Waals surface area contributed by atoms with Gasteiger partial charge >= 0.3 is 0 Å². The standard InChI is InChI=1S/C15H25N3O3/c1-11(2)14(20)18-7-3-4-12(10-18)15(21)17-8-5-13(19)16-6-9-17/h11-12H,3-10H2,1-2H3,(H,16,19). The maximum absolute atomic E-state index is 12.6. The minimum Gasteiger partial charge on any atom is -0.354 e. The van der Waals surface area contributed by atoms with Gasteiger partial charge in [-0.2, -0.15) is 0 Å². The molecular formula is C15H25N3O3. The molecule has 6 heteroatoms. The lowest BCUT2D eigenvalue weighted by molar-refractivity contribution is -0.142. The average molecular weight is 295 g/mol. The van der Waals surface area contributed by atoms with Crippen LogP contribution in [0.5, 0.6) is 0 Å². The highest BCUT2D eigenvalue weighted by molar-refractivity contribution is 5.83. The highest BCUT2D eigenvalue weighted by atomic mass is 16.2. The maximum Gasteiger partial charge on any atom is 0.227 e. The molecule has 21 heavy (non-hydrogen) atoms. The zero-order valence-electron chi connectivity index (χ0n) is 12.9. The largest absolute Gasteiger partial charge is 0.354 e. The monoisotopic (exact) mass is 295 g/mol. The van der Waals surface area contributed by atoms with Crippen LogP contribution in [0.4, 0.5) is 0 Å². The van der Waals surface area contributed by atoms with E-state index in [-0.39, 0.29) is 29.6 Å². The van der Waals surface area contributed by atoms with Gasteiger partial charge in [-0.15, -0.1) is 0 Å². The normalized spacial score (nSPS) is 23.8. The van der Waals surface area contributed by atoms with Crippen molar-refractivity contribution >= 4 is 17.7 Å². The molecule has 0 radical (unpaired) electrons. The summed E-state index contributed by atoms with van der Waals surface area (Å²) in [5, 5.41) is 2.78. The fourth-order valence-corrected chi connectivity index (χ4v) is 2.99. The molecule has 0 spiro atoms. The highest BCUT2D eigenvalue weighted by Crippen LogP contribution is 2.20. The van der Waals surface area contributed by atoms with Crippen LogP contribution in [0.1, 0.15) is 33.1 Å². The fourth-order valence-electron chi connectivity index (χ4n) is 2.99. The Balaban J connectivity index is 1.95. The number of rotatable bonds is 2. The van der Waals surface area contributed by atoms with Gasteiger partial charge in [0.1, 0.15) is 0 Å². The summed E-state index contributed by atoms with van der Waals surface area (Å²) in [6.07, 6.45) is 2.07. The average Bonchev–Trinajstić information content (AvgIpc) is 2.70. The lowest BCUT2D eigenvalue weighted by atomic mass is 9.95. The summed E-state index contributed by atoms with van der Waals surface area (Å²) in [6.45, 7) is 6.62. The number of piperidine rings is 1. The molecule has 0 aromatic heterocycles. The number of hydrogen-bond acceptors (Lipinski definition) is 3. The molecule has 0 aromatic rings. The third-order valence-electron chi connectivity index (χ3n) is 4.20. The van der Waals surface area contributed by atoms with E-state index in [1.807, 2.05) is 18.7 Å². The molecule has 2 heterocycles. The Morgan fingerprint density at radius 2 is 1.95 bits per heavy atom. The number of amides is 3. The first-order valence-electron chi connectivity index (χ1n) is 7.83. The Hall–Kier alpha value is -1.59. The van der Waals surface area contributed by atoms with Gasteiger partial charge in [-0.3, -0.25) is 14.4 Å². The van der Waals surface area contributed by atoms with Gasteiger partial charge in [0.15, 0.2) is 0 Å².